The molecule has 0 aliphatic carbocycles. The van der Waals surface area contributed by atoms with E-state index in [0.717, 1.165) is 17.4 Å². The van der Waals surface area contributed by atoms with Crippen molar-refractivity contribution in [2.24, 2.45) is 0 Å². The maximum absolute atomic E-state index is 5.96. The number of hydrogen-bond donors (Lipinski definition) is 1. The topological polar surface area (TPSA) is 17.0 Å². The number of rotatable bonds is 7. The second-order valence-corrected chi connectivity index (χ2v) is 6.52. The van der Waals surface area contributed by atoms with Crippen LogP contribution in [0.4, 0.5) is 0 Å². The van der Waals surface area contributed by atoms with E-state index < -0.39 is 0 Å². The van der Waals surface area contributed by atoms with Gasteiger partial charge in [-0.05, 0) is 36.7 Å². The summed E-state index contributed by atoms with van der Waals surface area (Å²) >= 11 is 7.61. The lowest BCUT2D eigenvalue weighted by Crippen LogP contribution is -2.20. The van der Waals surface area contributed by atoms with Crippen LogP contribution in [-0.2, 0) is 6.54 Å². The molecule has 2 heterocycles. The van der Waals surface area contributed by atoms with Gasteiger partial charge in [0.05, 0.1) is 10.9 Å². The highest BCUT2D eigenvalue weighted by atomic mass is 35.5. The number of thiophene rings is 1. The summed E-state index contributed by atoms with van der Waals surface area (Å²) in [6.07, 6.45) is 6.78. The van der Waals surface area contributed by atoms with Crippen LogP contribution >= 0.6 is 22.9 Å². The zero-order chi connectivity index (χ0) is 13.7. The second-order valence-electron chi connectivity index (χ2n) is 4.72. The first-order chi connectivity index (χ1) is 9.22. The van der Waals surface area contributed by atoms with Gasteiger partial charge in [0.15, 0.2) is 0 Å². The highest BCUT2D eigenvalue weighted by Crippen LogP contribution is 2.24. The lowest BCUT2D eigenvalue weighted by Gasteiger charge is -2.15. The van der Waals surface area contributed by atoms with Gasteiger partial charge in [-0.1, -0.05) is 31.9 Å². The van der Waals surface area contributed by atoms with Crippen molar-refractivity contribution >= 4 is 22.9 Å². The lowest BCUT2D eigenvalue weighted by atomic mass is 10.1. The third kappa shape index (κ3) is 4.10. The Balaban J connectivity index is 2.04. The molecule has 0 fully saturated rings. The summed E-state index contributed by atoms with van der Waals surface area (Å²) in [5, 5.41) is 3.55. The van der Waals surface area contributed by atoms with Crippen molar-refractivity contribution in [1.82, 2.24) is 9.88 Å². The molecule has 4 heteroatoms. The Bertz CT molecular complexity index is 498. The molecule has 0 aliphatic heterocycles. The van der Waals surface area contributed by atoms with Crippen LogP contribution in [0.2, 0.25) is 4.34 Å². The SMILES string of the molecule is CCCC(NCC)c1ccn(Cc2ccc(Cl)s2)c1. The summed E-state index contributed by atoms with van der Waals surface area (Å²) in [6, 6.07) is 6.76. The standard InChI is InChI=1S/C15H21ClN2S/c1-3-5-14(17-4-2)12-8-9-18(10-12)11-13-6-7-15(16)19-13/h6-10,14,17H,3-5,11H2,1-2H3. The van der Waals surface area contributed by atoms with Crippen LogP contribution in [0.3, 0.4) is 0 Å². The van der Waals surface area contributed by atoms with Gasteiger partial charge in [-0.2, -0.15) is 0 Å². The molecule has 0 spiro atoms. The number of nitrogens with zero attached hydrogens (tertiary/aromatic N) is 1. The molecule has 2 aromatic rings. The van der Waals surface area contributed by atoms with Crippen LogP contribution in [0.25, 0.3) is 0 Å². The molecular formula is C15H21ClN2S. The van der Waals surface area contributed by atoms with Crippen molar-refractivity contribution in [2.45, 2.75) is 39.3 Å². The number of halogens is 1. The molecule has 0 saturated carbocycles. The zero-order valence-corrected chi connectivity index (χ0v) is 13.1. The number of hydrogen-bond acceptors (Lipinski definition) is 2. The number of nitrogens with one attached hydrogen (secondary N) is 1. The fourth-order valence-electron chi connectivity index (χ4n) is 2.30. The van der Waals surface area contributed by atoms with Gasteiger partial charge in [-0.3, -0.25) is 0 Å². The van der Waals surface area contributed by atoms with E-state index in [0.29, 0.717) is 6.04 Å². The van der Waals surface area contributed by atoms with Crippen LogP contribution < -0.4 is 5.32 Å². The molecule has 1 atom stereocenters. The molecule has 0 saturated heterocycles. The van der Waals surface area contributed by atoms with Crippen LogP contribution in [0.15, 0.2) is 30.6 Å². The Hall–Kier alpha value is -0.770. The first-order valence-corrected chi connectivity index (χ1v) is 8.05. The molecule has 0 radical (unpaired) electrons. The van der Waals surface area contributed by atoms with Crippen molar-refractivity contribution in [3.8, 4) is 0 Å². The Kier molecular flexibility index (Phi) is 5.49. The average molecular weight is 297 g/mol. The quantitative estimate of drug-likeness (QED) is 0.783. The van der Waals surface area contributed by atoms with Gasteiger partial charge in [0.1, 0.15) is 0 Å². The smallest absolute Gasteiger partial charge is 0.0931 e. The lowest BCUT2D eigenvalue weighted by molar-refractivity contribution is 0.508. The van der Waals surface area contributed by atoms with Gasteiger partial charge in [0.2, 0.25) is 0 Å². The Morgan fingerprint density at radius 1 is 1.32 bits per heavy atom. The summed E-state index contributed by atoms with van der Waals surface area (Å²) in [7, 11) is 0. The third-order valence-electron chi connectivity index (χ3n) is 3.17. The largest absolute Gasteiger partial charge is 0.349 e. The molecule has 1 N–H and O–H groups in total. The molecule has 2 rings (SSSR count). The molecule has 0 aromatic carbocycles. The second kappa shape index (κ2) is 7.13. The molecule has 19 heavy (non-hydrogen) atoms. The normalized spacial score (nSPS) is 12.8. The van der Waals surface area contributed by atoms with Gasteiger partial charge in [0, 0.05) is 23.3 Å². The van der Waals surface area contributed by atoms with Gasteiger partial charge in [-0.15, -0.1) is 11.3 Å². The van der Waals surface area contributed by atoms with E-state index in [1.165, 1.54) is 23.3 Å². The van der Waals surface area contributed by atoms with E-state index in [4.69, 9.17) is 11.6 Å². The summed E-state index contributed by atoms with van der Waals surface area (Å²) in [5.74, 6) is 0. The van der Waals surface area contributed by atoms with E-state index in [-0.39, 0.29) is 0 Å². The van der Waals surface area contributed by atoms with E-state index in [9.17, 15) is 0 Å². The van der Waals surface area contributed by atoms with Crippen molar-refractivity contribution < 1.29 is 0 Å². The molecule has 2 aromatic heterocycles. The summed E-state index contributed by atoms with van der Waals surface area (Å²) < 4.78 is 3.09. The summed E-state index contributed by atoms with van der Waals surface area (Å²) in [4.78, 5) is 1.29. The minimum Gasteiger partial charge on any atom is -0.349 e. The van der Waals surface area contributed by atoms with Crippen molar-refractivity contribution in [1.29, 1.82) is 0 Å². The van der Waals surface area contributed by atoms with Crippen LogP contribution in [0, 0.1) is 0 Å². The first kappa shape index (κ1) is 14.6. The highest BCUT2D eigenvalue weighted by Gasteiger charge is 2.10. The first-order valence-electron chi connectivity index (χ1n) is 6.86. The van der Waals surface area contributed by atoms with Crippen LogP contribution in [0.5, 0.6) is 0 Å². The van der Waals surface area contributed by atoms with Crippen molar-refractivity contribution in [3.05, 3.63) is 45.4 Å². The predicted molar refractivity (Wildman–Crippen MR) is 84.2 cm³/mol. The van der Waals surface area contributed by atoms with E-state index in [2.05, 4.69) is 48.3 Å². The molecule has 2 nitrogen and oxygen atoms in total. The maximum Gasteiger partial charge on any atom is 0.0931 e. The monoisotopic (exact) mass is 296 g/mol. The fourth-order valence-corrected chi connectivity index (χ4v) is 3.40. The maximum atomic E-state index is 5.96. The third-order valence-corrected chi connectivity index (χ3v) is 4.39. The average Bonchev–Trinajstić information content (AvgIpc) is 2.99. The number of aromatic nitrogens is 1. The Morgan fingerprint density at radius 2 is 2.16 bits per heavy atom. The van der Waals surface area contributed by atoms with Crippen LogP contribution in [-0.4, -0.2) is 11.1 Å². The van der Waals surface area contributed by atoms with E-state index in [1.807, 2.05) is 6.07 Å². The fraction of sp³-hybridized carbons (Fsp3) is 0.467. The van der Waals surface area contributed by atoms with Gasteiger partial charge >= 0.3 is 0 Å². The van der Waals surface area contributed by atoms with Gasteiger partial charge < -0.3 is 9.88 Å². The van der Waals surface area contributed by atoms with Gasteiger partial charge in [0.25, 0.3) is 0 Å². The minimum atomic E-state index is 0.475. The zero-order valence-electron chi connectivity index (χ0n) is 11.5. The minimum absolute atomic E-state index is 0.475. The summed E-state index contributed by atoms with van der Waals surface area (Å²) in [6.45, 7) is 6.31. The van der Waals surface area contributed by atoms with Gasteiger partial charge in [-0.25, -0.2) is 0 Å². The summed E-state index contributed by atoms with van der Waals surface area (Å²) in [5.41, 5.74) is 1.38. The predicted octanol–water partition coefficient (Wildman–Crippen LogP) is 4.70. The Morgan fingerprint density at radius 3 is 2.79 bits per heavy atom. The van der Waals surface area contributed by atoms with E-state index >= 15 is 0 Å². The van der Waals surface area contributed by atoms with Crippen molar-refractivity contribution in [3.63, 3.8) is 0 Å². The highest BCUT2D eigenvalue weighted by molar-refractivity contribution is 7.16. The molecule has 104 valence electrons. The van der Waals surface area contributed by atoms with Crippen LogP contribution in [0.1, 0.15) is 43.2 Å². The van der Waals surface area contributed by atoms with E-state index in [1.54, 1.807) is 11.3 Å². The molecule has 0 aliphatic rings. The Labute approximate surface area is 124 Å². The molecule has 0 bridgehead atoms. The molecular weight excluding hydrogens is 276 g/mol. The molecule has 0 amide bonds. The van der Waals surface area contributed by atoms with Crippen molar-refractivity contribution in [2.75, 3.05) is 6.54 Å². The molecule has 1 unspecified atom stereocenters.